The summed E-state index contributed by atoms with van der Waals surface area (Å²) in [4.78, 5) is 10.6. The van der Waals surface area contributed by atoms with Crippen LogP contribution in [0.2, 0.25) is 0 Å². The summed E-state index contributed by atoms with van der Waals surface area (Å²) in [6.07, 6.45) is -0.960. The zero-order valence-corrected chi connectivity index (χ0v) is 9.14. The molecule has 1 atom stereocenters. The van der Waals surface area contributed by atoms with Gasteiger partial charge in [0.15, 0.2) is 6.10 Å². The number of carbonyl (C=O) groups is 1. The van der Waals surface area contributed by atoms with Crippen molar-refractivity contribution in [3.63, 3.8) is 0 Å². The van der Waals surface area contributed by atoms with Crippen molar-refractivity contribution in [3.05, 3.63) is 23.8 Å². The van der Waals surface area contributed by atoms with Gasteiger partial charge in [0.05, 0.1) is 13.7 Å². The van der Waals surface area contributed by atoms with Crippen LogP contribution in [0.3, 0.4) is 0 Å². The molecule has 0 fully saturated rings. The smallest absolute Gasteiger partial charge is 0.344 e. The maximum Gasteiger partial charge on any atom is 0.344 e. The number of benzene rings is 1. The highest BCUT2D eigenvalue weighted by molar-refractivity contribution is 5.72. The van der Waals surface area contributed by atoms with Crippen LogP contribution in [0.15, 0.2) is 18.2 Å². The third-order valence-electron chi connectivity index (χ3n) is 2.09. The number of ether oxygens (including phenoxy) is 2. The van der Waals surface area contributed by atoms with Crippen LogP contribution < -0.4 is 9.47 Å². The monoisotopic (exact) mass is 226 g/mol. The van der Waals surface area contributed by atoms with Crippen LogP contribution in [-0.4, -0.2) is 29.4 Å². The summed E-state index contributed by atoms with van der Waals surface area (Å²) in [6.45, 7) is 1.19. The Morgan fingerprint density at radius 3 is 2.69 bits per heavy atom. The Bertz CT molecular complexity index is 375. The molecule has 0 aliphatic heterocycles. The Labute approximate surface area is 93.2 Å². The van der Waals surface area contributed by atoms with Gasteiger partial charge in [-0.15, -0.1) is 0 Å². The minimum Gasteiger partial charge on any atom is -0.497 e. The average molecular weight is 226 g/mol. The number of aliphatic hydroxyl groups excluding tert-OH is 1. The van der Waals surface area contributed by atoms with Crippen molar-refractivity contribution in [1.82, 2.24) is 0 Å². The lowest BCUT2D eigenvalue weighted by Crippen LogP contribution is -2.23. The summed E-state index contributed by atoms with van der Waals surface area (Å²) < 4.78 is 10.2. The molecule has 0 aliphatic rings. The Morgan fingerprint density at radius 2 is 2.19 bits per heavy atom. The molecule has 2 N–H and O–H groups in total. The minimum absolute atomic E-state index is 0.237. The van der Waals surface area contributed by atoms with Crippen molar-refractivity contribution in [1.29, 1.82) is 0 Å². The molecule has 5 nitrogen and oxygen atoms in total. The quantitative estimate of drug-likeness (QED) is 0.784. The molecule has 0 aliphatic carbocycles. The first-order valence-electron chi connectivity index (χ1n) is 4.75. The normalized spacial score (nSPS) is 11.9. The van der Waals surface area contributed by atoms with E-state index < -0.39 is 12.1 Å². The number of methoxy groups -OCH3 is 1. The summed E-state index contributed by atoms with van der Waals surface area (Å²) in [7, 11) is 1.51. The predicted octanol–water partition coefficient (Wildman–Crippen LogP) is 1.04. The van der Waals surface area contributed by atoms with E-state index in [2.05, 4.69) is 0 Å². The van der Waals surface area contributed by atoms with Crippen molar-refractivity contribution < 1.29 is 24.5 Å². The van der Waals surface area contributed by atoms with Gasteiger partial charge >= 0.3 is 5.97 Å². The van der Waals surface area contributed by atoms with E-state index >= 15 is 0 Å². The average Bonchev–Trinajstić information content (AvgIpc) is 2.29. The second-order valence-corrected chi connectivity index (χ2v) is 3.23. The topological polar surface area (TPSA) is 76.0 Å². The summed E-state index contributed by atoms with van der Waals surface area (Å²) in [5.41, 5.74) is 0.493. The van der Waals surface area contributed by atoms with Gasteiger partial charge in [0.25, 0.3) is 0 Å². The van der Waals surface area contributed by atoms with Crippen molar-refractivity contribution in [2.24, 2.45) is 0 Å². The first-order valence-corrected chi connectivity index (χ1v) is 4.75. The van der Waals surface area contributed by atoms with Gasteiger partial charge in [-0.05, 0) is 25.1 Å². The molecular weight excluding hydrogens is 212 g/mol. The zero-order valence-electron chi connectivity index (χ0n) is 9.14. The fourth-order valence-electron chi connectivity index (χ4n) is 1.16. The molecule has 16 heavy (non-hydrogen) atoms. The minimum atomic E-state index is -1.06. The fraction of sp³-hybridized carbons (Fsp3) is 0.364. The standard InChI is InChI=1S/C11H14O5/c1-7(11(13)14)16-10-4-3-9(15-2)5-8(10)6-12/h3-5,7,12H,6H2,1-2H3,(H,13,14). The van der Waals surface area contributed by atoms with Crippen molar-refractivity contribution in [3.8, 4) is 11.5 Å². The van der Waals surface area contributed by atoms with E-state index in [0.29, 0.717) is 17.1 Å². The first kappa shape index (κ1) is 12.3. The number of hydrogen-bond acceptors (Lipinski definition) is 4. The molecule has 1 aromatic rings. The Hall–Kier alpha value is -1.75. The molecule has 0 amide bonds. The van der Waals surface area contributed by atoms with Gasteiger partial charge in [-0.2, -0.15) is 0 Å². The number of carboxylic acid groups (broad SMARTS) is 1. The molecule has 0 spiro atoms. The number of carboxylic acids is 1. The highest BCUT2D eigenvalue weighted by Crippen LogP contribution is 2.25. The van der Waals surface area contributed by atoms with Crippen LogP contribution in [0.1, 0.15) is 12.5 Å². The third-order valence-corrected chi connectivity index (χ3v) is 2.09. The van der Waals surface area contributed by atoms with Crippen LogP contribution in [-0.2, 0) is 11.4 Å². The number of rotatable bonds is 5. The summed E-state index contributed by atoms with van der Waals surface area (Å²) in [6, 6.07) is 4.82. The van der Waals surface area contributed by atoms with Crippen molar-refractivity contribution in [2.75, 3.05) is 7.11 Å². The molecular formula is C11H14O5. The van der Waals surface area contributed by atoms with Crippen LogP contribution in [0.5, 0.6) is 11.5 Å². The second kappa shape index (κ2) is 5.37. The molecule has 1 aromatic carbocycles. The number of aliphatic hydroxyl groups is 1. The second-order valence-electron chi connectivity index (χ2n) is 3.23. The highest BCUT2D eigenvalue weighted by Gasteiger charge is 2.14. The molecule has 5 heteroatoms. The first-order chi connectivity index (χ1) is 7.58. The van der Waals surface area contributed by atoms with E-state index in [1.165, 1.54) is 14.0 Å². The number of aliphatic carboxylic acids is 1. The lowest BCUT2D eigenvalue weighted by molar-refractivity contribution is -0.144. The summed E-state index contributed by atoms with van der Waals surface area (Å²) in [5.74, 6) is -0.128. The van der Waals surface area contributed by atoms with Crippen molar-refractivity contribution >= 4 is 5.97 Å². The number of hydrogen-bond donors (Lipinski definition) is 2. The van der Waals surface area contributed by atoms with E-state index in [4.69, 9.17) is 19.7 Å². The van der Waals surface area contributed by atoms with Gasteiger partial charge < -0.3 is 19.7 Å². The molecule has 1 unspecified atom stereocenters. The van der Waals surface area contributed by atoms with Crippen LogP contribution >= 0.6 is 0 Å². The van der Waals surface area contributed by atoms with E-state index in [1.807, 2.05) is 0 Å². The molecule has 0 radical (unpaired) electrons. The van der Waals surface area contributed by atoms with Gasteiger partial charge in [-0.25, -0.2) is 4.79 Å². The van der Waals surface area contributed by atoms with Gasteiger partial charge in [-0.3, -0.25) is 0 Å². The van der Waals surface area contributed by atoms with Crippen LogP contribution in [0.25, 0.3) is 0 Å². The van der Waals surface area contributed by atoms with Crippen LogP contribution in [0.4, 0.5) is 0 Å². The SMILES string of the molecule is COc1ccc(OC(C)C(=O)O)c(CO)c1. The highest BCUT2D eigenvalue weighted by atomic mass is 16.5. The maximum absolute atomic E-state index is 10.6. The molecule has 88 valence electrons. The third kappa shape index (κ3) is 2.87. The van der Waals surface area contributed by atoms with Crippen molar-refractivity contribution in [2.45, 2.75) is 19.6 Å². The predicted molar refractivity (Wildman–Crippen MR) is 56.6 cm³/mol. The fourth-order valence-corrected chi connectivity index (χ4v) is 1.16. The lowest BCUT2D eigenvalue weighted by atomic mass is 10.2. The molecule has 1 rings (SSSR count). The summed E-state index contributed by atoms with van der Waals surface area (Å²) in [5, 5.41) is 17.8. The molecule has 0 heterocycles. The van der Waals surface area contributed by atoms with E-state index in [0.717, 1.165) is 0 Å². The van der Waals surface area contributed by atoms with Crippen LogP contribution in [0, 0.1) is 0 Å². The maximum atomic E-state index is 10.6. The van der Waals surface area contributed by atoms with Gasteiger partial charge in [0, 0.05) is 5.56 Å². The molecule has 0 aromatic heterocycles. The van der Waals surface area contributed by atoms with E-state index in [1.54, 1.807) is 18.2 Å². The molecule has 0 saturated heterocycles. The molecule has 0 saturated carbocycles. The Kier molecular flexibility index (Phi) is 4.13. The van der Waals surface area contributed by atoms with Gasteiger partial charge in [0.2, 0.25) is 0 Å². The van der Waals surface area contributed by atoms with E-state index in [-0.39, 0.29) is 6.61 Å². The lowest BCUT2D eigenvalue weighted by Gasteiger charge is -2.14. The summed E-state index contributed by atoms with van der Waals surface area (Å²) >= 11 is 0. The van der Waals surface area contributed by atoms with Gasteiger partial charge in [0.1, 0.15) is 11.5 Å². The van der Waals surface area contributed by atoms with Gasteiger partial charge in [-0.1, -0.05) is 0 Å². The largest absolute Gasteiger partial charge is 0.497 e. The Balaban J connectivity index is 2.91. The van der Waals surface area contributed by atoms with E-state index in [9.17, 15) is 4.79 Å². The Morgan fingerprint density at radius 1 is 1.50 bits per heavy atom. The molecule has 0 bridgehead atoms. The zero-order chi connectivity index (χ0) is 12.1.